The summed E-state index contributed by atoms with van der Waals surface area (Å²) in [4.78, 5) is 36.0. The van der Waals surface area contributed by atoms with Crippen molar-refractivity contribution in [3.05, 3.63) is 99.6 Å². The molecule has 1 atom stereocenters. The van der Waals surface area contributed by atoms with Gasteiger partial charge in [0.15, 0.2) is 0 Å². The fraction of sp³-hybridized carbons (Fsp3) is 0.0909. The van der Waals surface area contributed by atoms with Crippen LogP contribution < -0.4 is 11.1 Å². The molecule has 0 aliphatic heterocycles. The van der Waals surface area contributed by atoms with Crippen molar-refractivity contribution in [2.24, 2.45) is 0 Å². The fourth-order valence-electron chi connectivity index (χ4n) is 2.75. The lowest BCUT2D eigenvalue weighted by Gasteiger charge is -2.18. The van der Waals surface area contributed by atoms with Gasteiger partial charge < -0.3 is 15.8 Å². The molecule has 0 aliphatic rings. The summed E-state index contributed by atoms with van der Waals surface area (Å²) in [7, 11) is 0. The molecule has 30 heavy (non-hydrogen) atoms. The van der Waals surface area contributed by atoms with Crippen LogP contribution >= 0.6 is 0 Å². The third kappa shape index (κ3) is 4.79. The number of esters is 1. The van der Waals surface area contributed by atoms with Gasteiger partial charge in [-0.2, -0.15) is 0 Å². The maximum Gasteiger partial charge on any atom is 0.341 e. The molecule has 0 bridgehead atoms. The minimum Gasteiger partial charge on any atom is -0.444 e. The SMILES string of the molecule is Cc1ccc(NC(=O)C(OC(=O)c2cc([N+](=O)[O-])ccc2N)c2ccccc2)cc1. The molecule has 152 valence electrons. The second-order valence-corrected chi connectivity index (χ2v) is 6.58. The third-order valence-corrected chi connectivity index (χ3v) is 4.35. The molecule has 3 N–H and O–H groups in total. The number of nitro benzene ring substituents is 1. The van der Waals surface area contributed by atoms with Crippen molar-refractivity contribution < 1.29 is 19.2 Å². The molecule has 1 unspecified atom stereocenters. The van der Waals surface area contributed by atoms with Crippen LogP contribution in [0.15, 0.2) is 72.8 Å². The van der Waals surface area contributed by atoms with E-state index >= 15 is 0 Å². The Labute approximate surface area is 172 Å². The highest BCUT2D eigenvalue weighted by Crippen LogP contribution is 2.25. The number of ether oxygens (including phenoxy) is 1. The Balaban J connectivity index is 1.89. The minimum absolute atomic E-state index is 0.0105. The molecule has 0 saturated carbocycles. The first kappa shape index (κ1) is 20.5. The maximum atomic E-state index is 12.9. The summed E-state index contributed by atoms with van der Waals surface area (Å²) in [5.74, 6) is -1.51. The standard InChI is InChI=1S/C22H19N3O5/c1-14-7-9-16(10-8-14)24-21(26)20(15-5-3-2-4-6-15)30-22(27)18-13-17(25(28)29)11-12-19(18)23/h2-13,20H,23H2,1H3,(H,24,26). The normalized spacial score (nSPS) is 11.4. The van der Waals surface area contributed by atoms with E-state index in [0.29, 0.717) is 11.3 Å². The van der Waals surface area contributed by atoms with E-state index in [1.807, 2.05) is 19.1 Å². The quantitative estimate of drug-likeness (QED) is 0.276. The molecule has 0 radical (unpaired) electrons. The maximum absolute atomic E-state index is 12.9. The van der Waals surface area contributed by atoms with E-state index in [1.54, 1.807) is 42.5 Å². The largest absolute Gasteiger partial charge is 0.444 e. The average molecular weight is 405 g/mol. The summed E-state index contributed by atoms with van der Waals surface area (Å²) < 4.78 is 5.44. The minimum atomic E-state index is -1.28. The lowest BCUT2D eigenvalue weighted by Crippen LogP contribution is -2.26. The molecule has 0 heterocycles. The van der Waals surface area contributed by atoms with Gasteiger partial charge >= 0.3 is 5.97 Å². The number of rotatable bonds is 6. The Morgan fingerprint density at radius 2 is 1.70 bits per heavy atom. The summed E-state index contributed by atoms with van der Waals surface area (Å²) in [5.41, 5.74) is 7.32. The van der Waals surface area contributed by atoms with Gasteiger partial charge in [0.1, 0.15) is 0 Å². The highest BCUT2D eigenvalue weighted by molar-refractivity contribution is 6.00. The van der Waals surface area contributed by atoms with Crippen molar-refractivity contribution in [3.63, 3.8) is 0 Å². The molecule has 3 aromatic carbocycles. The predicted octanol–water partition coefficient (Wildman–Crippen LogP) is 4.02. The molecule has 0 fully saturated rings. The van der Waals surface area contributed by atoms with Crippen molar-refractivity contribution in [1.82, 2.24) is 0 Å². The molecular weight excluding hydrogens is 386 g/mol. The molecule has 0 aliphatic carbocycles. The first-order chi connectivity index (χ1) is 14.3. The molecule has 0 spiro atoms. The van der Waals surface area contributed by atoms with Crippen molar-refractivity contribution in [2.45, 2.75) is 13.0 Å². The van der Waals surface area contributed by atoms with Gasteiger partial charge in [-0.1, -0.05) is 48.0 Å². The number of aryl methyl sites for hydroxylation is 1. The van der Waals surface area contributed by atoms with E-state index in [4.69, 9.17) is 10.5 Å². The van der Waals surface area contributed by atoms with Crippen LogP contribution in [0.4, 0.5) is 17.1 Å². The number of nitrogens with two attached hydrogens (primary N) is 1. The zero-order chi connectivity index (χ0) is 21.7. The number of non-ortho nitro benzene ring substituents is 1. The van der Waals surface area contributed by atoms with Crippen molar-refractivity contribution in [2.75, 3.05) is 11.1 Å². The van der Waals surface area contributed by atoms with Crippen LogP contribution in [0.5, 0.6) is 0 Å². The van der Waals surface area contributed by atoms with Crippen LogP contribution in [0.3, 0.4) is 0 Å². The van der Waals surface area contributed by atoms with Crippen molar-refractivity contribution >= 4 is 28.9 Å². The number of nitrogens with zero attached hydrogens (tertiary/aromatic N) is 1. The molecule has 0 aromatic heterocycles. The number of carbonyl (C=O) groups excluding carboxylic acids is 2. The van der Waals surface area contributed by atoms with Gasteiger partial charge in [-0.3, -0.25) is 14.9 Å². The molecule has 3 rings (SSSR count). The summed E-state index contributed by atoms with van der Waals surface area (Å²) >= 11 is 0. The number of amides is 1. The van der Waals surface area contributed by atoms with Crippen LogP contribution in [-0.4, -0.2) is 16.8 Å². The Hall–Kier alpha value is -4.20. The topological polar surface area (TPSA) is 125 Å². The summed E-state index contributed by atoms with van der Waals surface area (Å²) in [6.45, 7) is 1.92. The zero-order valence-corrected chi connectivity index (χ0v) is 16.1. The number of anilines is 2. The van der Waals surface area contributed by atoms with Crippen LogP contribution in [-0.2, 0) is 9.53 Å². The number of carbonyl (C=O) groups is 2. The van der Waals surface area contributed by atoms with Crippen LogP contribution in [0.2, 0.25) is 0 Å². The monoisotopic (exact) mass is 405 g/mol. The third-order valence-electron chi connectivity index (χ3n) is 4.35. The lowest BCUT2D eigenvalue weighted by atomic mass is 10.1. The van der Waals surface area contributed by atoms with Crippen molar-refractivity contribution in [1.29, 1.82) is 0 Å². The number of nitrogen functional groups attached to an aromatic ring is 1. The molecule has 0 saturated heterocycles. The summed E-state index contributed by atoms with van der Waals surface area (Å²) in [6, 6.07) is 19.1. The van der Waals surface area contributed by atoms with Crippen LogP contribution in [0, 0.1) is 17.0 Å². The van der Waals surface area contributed by atoms with Gasteiger partial charge in [-0.05, 0) is 25.1 Å². The van der Waals surface area contributed by atoms with E-state index < -0.39 is 22.9 Å². The molecular formula is C22H19N3O5. The Kier molecular flexibility index (Phi) is 6.07. The van der Waals surface area contributed by atoms with Crippen LogP contribution in [0.1, 0.15) is 27.6 Å². The summed E-state index contributed by atoms with van der Waals surface area (Å²) in [5, 5.41) is 13.7. The average Bonchev–Trinajstić information content (AvgIpc) is 2.74. The Morgan fingerprint density at radius 3 is 2.33 bits per heavy atom. The van der Waals surface area contributed by atoms with E-state index in [1.165, 1.54) is 12.1 Å². The molecule has 8 nitrogen and oxygen atoms in total. The smallest absolute Gasteiger partial charge is 0.341 e. The Bertz CT molecular complexity index is 1080. The van der Waals surface area contributed by atoms with Gasteiger partial charge in [0.25, 0.3) is 11.6 Å². The first-order valence-electron chi connectivity index (χ1n) is 9.02. The van der Waals surface area contributed by atoms with Crippen molar-refractivity contribution in [3.8, 4) is 0 Å². The predicted molar refractivity (Wildman–Crippen MR) is 112 cm³/mol. The number of nitro groups is 1. The highest BCUT2D eigenvalue weighted by atomic mass is 16.6. The lowest BCUT2D eigenvalue weighted by molar-refractivity contribution is -0.384. The van der Waals surface area contributed by atoms with Gasteiger partial charge in [-0.25, -0.2) is 4.79 Å². The molecule has 1 amide bonds. The second-order valence-electron chi connectivity index (χ2n) is 6.58. The fourth-order valence-corrected chi connectivity index (χ4v) is 2.75. The number of benzene rings is 3. The van der Waals surface area contributed by atoms with E-state index in [-0.39, 0.29) is 16.9 Å². The van der Waals surface area contributed by atoms with E-state index in [2.05, 4.69) is 5.32 Å². The van der Waals surface area contributed by atoms with Gasteiger partial charge in [0, 0.05) is 29.1 Å². The van der Waals surface area contributed by atoms with Gasteiger partial charge in [0.2, 0.25) is 6.10 Å². The number of hydrogen-bond acceptors (Lipinski definition) is 6. The number of nitrogens with one attached hydrogen (secondary N) is 1. The highest BCUT2D eigenvalue weighted by Gasteiger charge is 2.27. The van der Waals surface area contributed by atoms with Gasteiger partial charge in [-0.15, -0.1) is 0 Å². The second kappa shape index (κ2) is 8.87. The van der Waals surface area contributed by atoms with E-state index in [9.17, 15) is 19.7 Å². The Morgan fingerprint density at radius 1 is 1.03 bits per heavy atom. The van der Waals surface area contributed by atoms with E-state index in [0.717, 1.165) is 11.6 Å². The van der Waals surface area contributed by atoms with Crippen LogP contribution in [0.25, 0.3) is 0 Å². The van der Waals surface area contributed by atoms with Gasteiger partial charge in [0.05, 0.1) is 10.5 Å². The first-order valence-corrected chi connectivity index (χ1v) is 9.02. The zero-order valence-electron chi connectivity index (χ0n) is 16.1. The number of hydrogen-bond donors (Lipinski definition) is 2. The summed E-state index contributed by atoms with van der Waals surface area (Å²) in [6.07, 6.45) is -1.28. The molecule has 3 aromatic rings. The molecule has 8 heteroatoms.